The van der Waals surface area contributed by atoms with Gasteiger partial charge in [0, 0.05) is 0 Å². The number of alkyl halides is 29. The predicted molar refractivity (Wildman–Crippen MR) is 71.4 cm³/mol. The summed E-state index contributed by atoms with van der Waals surface area (Å²) in [7, 11) is 0. The minimum Gasteiger partial charge on any atom is -0.234 e. The average molecular weight is 720 g/mol. The van der Waals surface area contributed by atoms with Gasteiger partial charge in [0.1, 0.15) is 0 Å². The zero-order valence-corrected chi connectivity index (χ0v) is 18.0. The fourth-order valence-corrected chi connectivity index (χ4v) is 2.31. The third kappa shape index (κ3) is 4.85. The highest BCUT2D eigenvalue weighted by Gasteiger charge is 2.99. The fourth-order valence-electron chi connectivity index (χ4n) is 2.31. The quantitative estimate of drug-likeness (QED) is 0.187. The summed E-state index contributed by atoms with van der Waals surface area (Å²) < 4.78 is 375. The highest BCUT2D eigenvalue weighted by Crippen LogP contribution is 2.67. The van der Waals surface area contributed by atoms with E-state index >= 15 is 0 Å². The number of halogens is 29. The third-order valence-corrected chi connectivity index (χ3v) is 4.95. The Balaban J connectivity index is 7.34. The molecule has 29 heteroatoms. The summed E-state index contributed by atoms with van der Waals surface area (Å²) in [4.78, 5) is 0. The molecule has 0 aliphatic carbocycles. The van der Waals surface area contributed by atoms with Crippen LogP contribution in [0, 0.1) is 0 Å². The lowest BCUT2D eigenvalue weighted by molar-refractivity contribution is -0.477. The molecular weight excluding hydrogens is 719 g/mol. The molecule has 0 radical (unpaired) electrons. The first-order valence-corrected chi connectivity index (χ1v) is 8.84. The van der Waals surface area contributed by atoms with E-state index in [0.29, 0.717) is 0 Å². The van der Waals surface area contributed by atoms with Crippen LogP contribution in [0.1, 0.15) is 0 Å². The lowest BCUT2D eigenvalue weighted by Crippen LogP contribution is -2.77. The molecule has 0 heterocycles. The minimum absolute atomic E-state index is 7.61. The van der Waals surface area contributed by atoms with Gasteiger partial charge in [0.05, 0.1) is 0 Å². The van der Waals surface area contributed by atoms with Crippen LogP contribution in [0.3, 0.4) is 0 Å². The molecule has 43 heavy (non-hydrogen) atoms. The average Bonchev–Trinajstić information content (AvgIpc) is 2.75. The van der Waals surface area contributed by atoms with Gasteiger partial charge in [-0.05, 0) is 0 Å². The molecule has 0 nitrogen and oxygen atoms in total. The summed E-state index contributed by atoms with van der Waals surface area (Å²) in [6.45, 7) is 0. The summed E-state index contributed by atoms with van der Waals surface area (Å²) in [6, 6.07) is 0. The van der Waals surface area contributed by atoms with Crippen LogP contribution in [-0.4, -0.2) is 83.7 Å². The van der Waals surface area contributed by atoms with Gasteiger partial charge < -0.3 is 0 Å². The zero-order chi connectivity index (χ0) is 36.1. The van der Waals surface area contributed by atoms with Gasteiger partial charge in [-0.1, -0.05) is 0 Å². The summed E-state index contributed by atoms with van der Waals surface area (Å²) in [6.07, 6.45) is -23.9. The van der Waals surface area contributed by atoms with E-state index in [1.165, 1.54) is 0 Å². The molecule has 1 unspecified atom stereocenters. The first-order valence-electron chi connectivity index (χ1n) is 8.84. The van der Waals surface area contributed by atoms with Crippen LogP contribution >= 0.6 is 0 Å². The molecule has 260 valence electrons. The minimum atomic E-state index is -9.79. The maximum atomic E-state index is 13.5. The molecule has 0 aromatic heterocycles. The van der Waals surface area contributed by atoms with Crippen molar-refractivity contribution in [3.63, 3.8) is 0 Å². The van der Waals surface area contributed by atoms with Gasteiger partial charge in [0.2, 0.25) is 6.17 Å². The summed E-state index contributed by atoms with van der Waals surface area (Å²) in [5.41, 5.74) is 0. The van der Waals surface area contributed by atoms with Crippen molar-refractivity contribution in [1.29, 1.82) is 0 Å². The normalized spacial score (nSPS) is 17.8. The SMILES string of the molecule is FC(C(F)(F)C(F)(F)C(F)(F)F)C(F)(F)C(F)(F)C(F)(F)C(F)(F)C(F)(F)C(F)(F)C(F)(F)C(F)(F)C(F)(F)C(F)(F)F. The van der Waals surface area contributed by atoms with Gasteiger partial charge in [0.25, 0.3) is 0 Å². The standard InChI is InChI=1S/C14HF29/c15-1(3(18,19)5(22,23)13(38,39)40)2(16,17)4(20,21)6(24,25)7(26,27)8(28,29)9(30,31)10(32,33)11(34,35)12(36,37)14(41,42)43/h1H. The molecular formula is C14HF29. The maximum absolute atomic E-state index is 13.5. The van der Waals surface area contributed by atoms with E-state index in [2.05, 4.69) is 0 Å². The van der Waals surface area contributed by atoms with Crippen LogP contribution < -0.4 is 0 Å². The monoisotopic (exact) mass is 720 g/mol. The largest absolute Gasteiger partial charge is 0.460 e. The van der Waals surface area contributed by atoms with Crippen molar-refractivity contribution in [2.24, 2.45) is 0 Å². The van der Waals surface area contributed by atoms with Gasteiger partial charge in [-0.25, -0.2) is 4.39 Å². The Morgan fingerprint density at radius 2 is 0.372 bits per heavy atom. The second-order valence-electron chi connectivity index (χ2n) is 7.77. The highest BCUT2D eigenvalue weighted by molar-refractivity contribution is 5.19. The molecule has 0 bridgehead atoms. The van der Waals surface area contributed by atoms with E-state index in [1.54, 1.807) is 0 Å². The second-order valence-corrected chi connectivity index (χ2v) is 7.77. The molecule has 1 atom stereocenters. The van der Waals surface area contributed by atoms with Gasteiger partial charge in [-0.2, -0.15) is 123 Å². The van der Waals surface area contributed by atoms with Crippen molar-refractivity contribution in [3.8, 4) is 0 Å². The Morgan fingerprint density at radius 1 is 0.209 bits per heavy atom. The lowest BCUT2D eigenvalue weighted by Gasteiger charge is -2.45. The Morgan fingerprint density at radius 3 is 0.581 bits per heavy atom. The van der Waals surface area contributed by atoms with Crippen molar-refractivity contribution < 1.29 is 127 Å². The van der Waals surface area contributed by atoms with Crippen molar-refractivity contribution in [3.05, 3.63) is 0 Å². The van der Waals surface area contributed by atoms with E-state index in [-0.39, 0.29) is 0 Å². The summed E-state index contributed by atoms with van der Waals surface area (Å²) in [5, 5.41) is 0. The summed E-state index contributed by atoms with van der Waals surface area (Å²) >= 11 is 0. The van der Waals surface area contributed by atoms with Gasteiger partial charge in [-0.15, -0.1) is 0 Å². The molecule has 0 N–H and O–H groups in total. The fraction of sp³-hybridized carbons (Fsp3) is 1.00. The van der Waals surface area contributed by atoms with Crippen molar-refractivity contribution in [1.82, 2.24) is 0 Å². The van der Waals surface area contributed by atoms with E-state index in [9.17, 15) is 127 Å². The van der Waals surface area contributed by atoms with Crippen molar-refractivity contribution in [2.75, 3.05) is 0 Å². The Kier molecular flexibility index (Phi) is 9.27. The first kappa shape index (κ1) is 41.0. The Hall–Kier alpha value is -2.03. The number of hydrogen-bond acceptors (Lipinski definition) is 0. The topological polar surface area (TPSA) is 0 Å². The van der Waals surface area contributed by atoms with Crippen LogP contribution in [-0.2, 0) is 0 Å². The smallest absolute Gasteiger partial charge is 0.234 e. The summed E-state index contributed by atoms with van der Waals surface area (Å²) in [5.74, 6) is -102. The number of hydrogen-bond donors (Lipinski definition) is 0. The van der Waals surface area contributed by atoms with Crippen molar-refractivity contribution in [2.45, 2.75) is 83.7 Å². The molecule has 0 aromatic carbocycles. The van der Waals surface area contributed by atoms with E-state index < -0.39 is 83.7 Å². The van der Waals surface area contributed by atoms with Gasteiger partial charge in [0.15, 0.2) is 0 Å². The van der Waals surface area contributed by atoms with E-state index in [1.807, 2.05) is 0 Å². The van der Waals surface area contributed by atoms with Crippen LogP contribution in [0.15, 0.2) is 0 Å². The molecule has 0 rings (SSSR count). The highest BCUT2D eigenvalue weighted by atomic mass is 19.4. The Labute approximate surface area is 212 Å². The lowest BCUT2D eigenvalue weighted by atomic mass is 9.84. The Bertz CT molecular complexity index is 1000. The van der Waals surface area contributed by atoms with E-state index in [4.69, 9.17) is 0 Å². The van der Waals surface area contributed by atoms with Crippen LogP contribution in [0.4, 0.5) is 127 Å². The molecule has 0 saturated heterocycles. The molecule has 0 aromatic rings. The second kappa shape index (κ2) is 9.73. The number of rotatable bonds is 11. The maximum Gasteiger partial charge on any atom is 0.460 e. The van der Waals surface area contributed by atoms with Gasteiger partial charge in [-0.3, -0.25) is 0 Å². The molecule has 0 aliphatic rings. The van der Waals surface area contributed by atoms with Gasteiger partial charge >= 0.3 is 77.5 Å². The third-order valence-electron chi connectivity index (χ3n) is 4.95. The van der Waals surface area contributed by atoms with Crippen LogP contribution in [0.5, 0.6) is 0 Å². The van der Waals surface area contributed by atoms with Crippen molar-refractivity contribution >= 4 is 0 Å². The van der Waals surface area contributed by atoms with E-state index in [0.717, 1.165) is 0 Å². The molecule has 0 saturated carbocycles. The molecule has 0 aliphatic heterocycles. The zero-order valence-electron chi connectivity index (χ0n) is 18.0. The molecule has 0 amide bonds. The molecule has 0 fully saturated rings. The van der Waals surface area contributed by atoms with Crippen LogP contribution in [0.25, 0.3) is 0 Å². The first-order chi connectivity index (χ1) is 17.9. The molecule has 0 spiro atoms. The predicted octanol–water partition coefficient (Wildman–Crippen LogP) is 9.44. The van der Waals surface area contributed by atoms with Crippen LogP contribution in [0.2, 0.25) is 0 Å².